The van der Waals surface area contributed by atoms with Gasteiger partial charge in [-0.25, -0.2) is 0 Å². The van der Waals surface area contributed by atoms with Crippen LogP contribution < -0.4 is 0 Å². The fourth-order valence-corrected chi connectivity index (χ4v) is 4.03. The minimum Gasteiger partial charge on any atom is -0.380 e. The lowest BCUT2D eigenvalue weighted by molar-refractivity contribution is 0.191. The number of rotatable bonds is 3. The molecule has 0 spiro atoms. The van der Waals surface area contributed by atoms with Crippen LogP contribution >= 0.6 is 0 Å². The lowest BCUT2D eigenvalue weighted by Gasteiger charge is -2.26. The topological polar surface area (TPSA) is 59.1 Å². The van der Waals surface area contributed by atoms with Crippen molar-refractivity contribution in [1.29, 1.82) is 0 Å². The van der Waals surface area contributed by atoms with Gasteiger partial charge in [0.25, 0.3) is 0 Å². The summed E-state index contributed by atoms with van der Waals surface area (Å²) < 4.78 is 3.80. The minimum atomic E-state index is -0.707. The molecule has 0 radical (unpaired) electrons. The van der Waals surface area contributed by atoms with Gasteiger partial charge in [-0.05, 0) is 31.4 Å². The Bertz CT molecular complexity index is 670. The van der Waals surface area contributed by atoms with E-state index in [1.165, 1.54) is 31.4 Å². The van der Waals surface area contributed by atoms with Crippen molar-refractivity contribution in [3.63, 3.8) is 0 Å². The average Bonchev–Trinajstić information content (AvgIpc) is 3.26. The summed E-state index contributed by atoms with van der Waals surface area (Å²) in [6, 6.07) is 4.66. The molecule has 0 aromatic carbocycles. The van der Waals surface area contributed by atoms with Gasteiger partial charge in [0.2, 0.25) is 0 Å². The molecule has 1 unspecified atom stereocenters. The normalized spacial score (nSPS) is 21.3. The molecule has 0 amide bonds. The van der Waals surface area contributed by atoms with E-state index in [-0.39, 0.29) is 0 Å². The summed E-state index contributed by atoms with van der Waals surface area (Å²) in [4.78, 5) is 2.62. The number of aryl methyl sites for hydroxylation is 2. The zero-order valence-corrected chi connectivity index (χ0v) is 13.7. The first-order valence-electron chi connectivity index (χ1n) is 8.69. The lowest BCUT2D eigenvalue weighted by Crippen LogP contribution is -2.32. The molecule has 6 heteroatoms. The molecular formula is C17H25N5O. The van der Waals surface area contributed by atoms with E-state index >= 15 is 0 Å². The number of hydrogen-bond acceptors (Lipinski definition) is 4. The maximum absolute atomic E-state index is 10.6. The maximum atomic E-state index is 10.6. The first kappa shape index (κ1) is 14.9. The van der Waals surface area contributed by atoms with Crippen LogP contribution in [0.4, 0.5) is 0 Å². The van der Waals surface area contributed by atoms with E-state index in [0.29, 0.717) is 0 Å². The lowest BCUT2D eigenvalue weighted by atomic mass is 10.1. The van der Waals surface area contributed by atoms with Crippen LogP contribution in [0.5, 0.6) is 0 Å². The summed E-state index contributed by atoms with van der Waals surface area (Å²) in [5, 5.41) is 19.4. The molecule has 1 atom stereocenters. The molecule has 6 nitrogen and oxygen atoms in total. The Morgan fingerprint density at radius 3 is 2.78 bits per heavy atom. The fourth-order valence-electron chi connectivity index (χ4n) is 4.03. The van der Waals surface area contributed by atoms with Gasteiger partial charge in [0.05, 0.1) is 17.1 Å². The summed E-state index contributed by atoms with van der Waals surface area (Å²) in [5.74, 6) is 0. The van der Waals surface area contributed by atoms with Gasteiger partial charge in [-0.2, -0.15) is 10.2 Å². The molecule has 2 aromatic heterocycles. The zero-order valence-electron chi connectivity index (χ0n) is 13.7. The number of aromatic nitrogens is 4. The Labute approximate surface area is 136 Å². The third-order valence-corrected chi connectivity index (χ3v) is 5.32. The highest BCUT2D eigenvalue weighted by molar-refractivity contribution is 5.21. The van der Waals surface area contributed by atoms with Crippen molar-refractivity contribution in [2.24, 2.45) is 7.05 Å². The third-order valence-electron chi connectivity index (χ3n) is 5.32. The Balaban J connectivity index is 1.57. The van der Waals surface area contributed by atoms with Gasteiger partial charge >= 0.3 is 0 Å². The molecule has 1 aliphatic heterocycles. The molecule has 124 valence electrons. The summed E-state index contributed by atoms with van der Waals surface area (Å²) in [7, 11) is 1.85. The molecule has 23 heavy (non-hydrogen) atoms. The Morgan fingerprint density at radius 2 is 2.04 bits per heavy atom. The molecule has 4 rings (SSSR count). The quantitative estimate of drug-likeness (QED) is 0.939. The summed E-state index contributed by atoms with van der Waals surface area (Å²) >= 11 is 0. The molecule has 1 aliphatic carbocycles. The van der Waals surface area contributed by atoms with Gasteiger partial charge in [-0.3, -0.25) is 14.3 Å². The van der Waals surface area contributed by atoms with Crippen molar-refractivity contribution < 1.29 is 5.11 Å². The zero-order chi connectivity index (χ0) is 15.8. The highest BCUT2D eigenvalue weighted by atomic mass is 16.3. The maximum Gasteiger partial charge on any atom is 0.139 e. The monoisotopic (exact) mass is 315 g/mol. The van der Waals surface area contributed by atoms with E-state index in [4.69, 9.17) is 0 Å². The molecule has 0 saturated heterocycles. The summed E-state index contributed by atoms with van der Waals surface area (Å²) in [5.41, 5.74) is 2.74. The predicted molar refractivity (Wildman–Crippen MR) is 86.8 cm³/mol. The molecule has 1 N–H and O–H groups in total. The van der Waals surface area contributed by atoms with E-state index in [9.17, 15) is 5.11 Å². The van der Waals surface area contributed by atoms with Crippen LogP contribution in [0.1, 0.15) is 55.3 Å². The van der Waals surface area contributed by atoms with E-state index in [1.54, 1.807) is 10.9 Å². The molecule has 3 heterocycles. The van der Waals surface area contributed by atoms with Gasteiger partial charge in [0.1, 0.15) is 6.10 Å². The number of aliphatic hydroxyl groups excluding tert-OH is 1. The number of nitrogens with zero attached hydrogens (tertiary/aromatic N) is 5. The van der Waals surface area contributed by atoms with Crippen molar-refractivity contribution in [3.8, 4) is 0 Å². The van der Waals surface area contributed by atoms with Crippen molar-refractivity contribution in [3.05, 3.63) is 35.4 Å². The first-order valence-corrected chi connectivity index (χ1v) is 8.69. The van der Waals surface area contributed by atoms with Gasteiger partial charge in [0.15, 0.2) is 0 Å². The van der Waals surface area contributed by atoms with Crippen LogP contribution in [0.3, 0.4) is 0 Å². The van der Waals surface area contributed by atoms with Gasteiger partial charge in [-0.1, -0.05) is 12.8 Å². The van der Waals surface area contributed by atoms with Crippen molar-refractivity contribution in [2.45, 2.75) is 57.3 Å². The SMILES string of the molecule is Cn1nccc1C(O)c1cc2n(n1)CCCN(C1CCCC1)C2. The third kappa shape index (κ3) is 2.81. The Morgan fingerprint density at radius 1 is 1.22 bits per heavy atom. The second kappa shape index (κ2) is 6.09. The van der Waals surface area contributed by atoms with E-state index in [0.717, 1.165) is 43.5 Å². The largest absolute Gasteiger partial charge is 0.380 e. The fraction of sp³-hybridized carbons (Fsp3) is 0.647. The molecule has 0 bridgehead atoms. The van der Waals surface area contributed by atoms with E-state index in [2.05, 4.69) is 25.8 Å². The van der Waals surface area contributed by atoms with Crippen LogP contribution in [0.2, 0.25) is 0 Å². The number of aliphatic hydroxyl groups is 1. The van der Waals surface area contributed by atoms with E-state index < -0.39 is 6.10 Å². The van der Waals surface area contributed by atoms with Crippen LogP contribution in [0.25, 0.3) is 0 Å². The smallest absolute Gasteiger partial charge is 0.139 e. The van der Waals surface area contributed by atoms with Crippen LogP contribution in [0.15, 0.2) is 18.3 Å². The first-order chi connectivity index (χ1) is 11.2. The van der Waals surface area contributed by atoms with Gasteiger partial charge < -0.3 is 5.11 Å². The predicted octanol–water partition coefficient (Wildman–Crippen LogP) is 1.85. The highest BCUT2D eigenvalue weighted by Gasteiger charge is 2.27. The van der Waals surface area contributed by atoms with E-state index in [1.807, 2.05) is 13.1 Å². The molecule has 2 aromatic rings. The van der Waals surface area contributed by atoms with Crippen molar-refractivity contribution in [1.82, 2.24) is 24.5 Å². The Hall–Kier alpha value is -1.66. The van der Waals surface area contributed by atoms with Crippen LogP contribution in [0, 0.1) is 0 Å². The van der Waals surface area contributed by atoms with Gasteiger partial charge in [-0.15, -0.1) is 0 Å². The second-order valence-corrected chi connectivity index (χ2v) is 6.83. The minimum absolute atomic E-state index is 0.707. The summed E-state index contributed by atoms with van der Waals surface area (Å²) in [6.45, 7) is 3.06. The van der Waals surface area contributed by atoms with Gasteiger partial charge in [0, 0.05) is 38.9 Å². The number of hydrogen-bond donors (Lipinski definition) is 1. The molecule has 2 aliphatic rings. The molecular weight excluding hydrogens is 290 g/mol. The van der Waals surface area contributed by atoms with Crippen molar-refractivity contribution >= 4 is 0 Å². The molecule has 1 fully saturated rings. The highest BCUT2D eigenvalue weighted by Crippen LogP contribution is 2.28. The second-order valence-electron chi connectivity index (χ2n) is 6.83. The standard InChI is InChI=1S/C17H25N5O/c1-20-16(7-8-18-20)17(23)15-11-14-12-21(13-5-2-3-6-13)9-4-10-22(14)19-15/h7-8,11,13,17,23H,2-6,9-10,12H2,1H3. The van der Waals surface area contributed by atoms with Crippen LogP contribution in [-0.2, 0) is 20.1 Å². The molecule has 1 saturated carbocycles. The Kier molecular flexibility index (Phi) is 3.95. The average molecular weight is 315 g/mol. The summed E-state index contributed by atoms with van der Waals surface area (Å²) in [6.07, 6.45) is 7.53. The number of fused-ring (bicyclic) bond motifs is 1. The van der Waals surface area contributed by atoms with Crippen LogP contribution in [-0.4, -0.2) is 42.2 Å². The van der Waals surface area contributed by atoms with Crippen molar-refractivity contribution in [2.75, 3.05) is 6.54 Å².